The molecule has 0 unspecified atom stereocenters. The number of aliphatic hydroxyl groups is 2. The van der Waals surface area contributed by atoms with Crippen LogP contribution in [0.5, 0.6) is 0 Å². The highest BCUT2D eigenvalue weighted by Gasteiger charge is 2.24. The van der Waals surface area contributed by atoms with Gasteiger partial charge in [-0.1, -0.05) is 6.92 Å². The number of hydrogen-bond donors (Lipinski definition) is 2. The maximum absolute atomic E-state index is 11.4. The average Bonchev–Trinajstić information content (AvgIpc) is 2.17. The van der Waals surface area contributed by atoms with Crippen molar-refractivity contribution in [3.05, 3.63) is 0 Å². The zero-order chi connectivity index (χ0) is 9.84. The van der Waals surface area contributed by atoms with Gasteiger partial charge in [-0.25, -0.2) is 0 Å². The summed E-state index contributed by atoms with van der Waals surface area (Å²) in [5.41, 5.74) is 0. The number of aliphatic hydroxyl groups excluding tert-OH is 2. The van der Waals surface area contributed by atoms with Crippen molar-refractivity contribution in [2.45, 2.75) is 25.9 Å². The van der Waals surface area contributed by atoms with E-state index in [2.05, 4.69) is 6.92 Å². The molecule has 0 bridgehead atoms. The molecule has 0 radical (unpaired) electrons. The molecule has 1 rings (SSSR count). The Hall–Kier alpha value is -0.610. The van der Waals surface area contributed by atoms with Crippen molar-refractivity contribution in [2.75, 3.05) is 19.7 Å². The molecule has 4 heteroatoms. The van der Waals surface area contributed by atoms with Gasteiger partial charge in [0, 0.05) is 13.1 Å². The van der Waals surface area contributed by atoms with E-state index in [1.807, 2.05) is 0 Å². The smallest absolute Gasteiger partial charge is 0.253 e. The monoisotopic (exact) mass is 187 g/mol. The summed E-state index contributed by atoms with van der Waals surface area (Å²) in [6.07, 6.45) is 0.752. The molecule has 0 aromatic heterocycles. The van der Waals surface area contributed by atoms with Crippen molar-refractivity contribution in [1.82, 2.24) is 4.90 Å². The van der Waals surface area contributed by atoms with Gasteiger partial charge >= 0.3 is 0 Å². The fourth-order valence-electron chi connectivity index (χ4n) is 1.52. The topological polar surface area (TPSA) is 60.8 Å². The van der Waals surface area contributed by atoms with E-state index in [1.54, 1.807) is 4.90 Å². The second-order valence-corrected chi connectivity index (χ2v) is 3.71. The quantitative estimate of drug-likeness (QED) is 0.618. The van der Waals surface area contributed by atoms with Crippen LogP contribution in [0.1, 0.15) is 19.8 Å². The second kappa shape index (κ2) is 4.58. The molecule has 1 aliphatic heterocycles. The predicted octanol–water partition coefficient (Wildman–Crippen LogP) is -0.402. The Morgan fingerprint density at radius 3 is 2.54 bits per heavy atom. The number of likely N-dealkylation sites (tertiary alicyclic amines) is 1. The summed E-state index contributed by atoms with van der Waals surface area (Å²) >= 11 is 0. The van der Waals surface area contributed by atoms with E-state index in [9.17, 15) is 4.79 Å². The largest absolute Gasteiger partial charge is 0.393 e. The number of amides is 1. The van der Waals surface area contributed by atoms with Crippen molar-refractivity contribution in [1.29, 1.82) is 0 Å². The third-order valence-corrected chi connectivity index (χ3v) is 2.55. The minimum Gasteiger partial charge on any atom is -0.393 e. The third kappa shape index (κ3) is 2.67. The van der Waals surface area contributed by atoms with Crippen LogP contribution in [0.4, 0.5) is 0 Å². The van der Waals surface area contributed by atoms with Crippen LogP contribution in [0.2, 0.25) is 0 Å². The number of hydrogen-bond acceptors (Lipinski definition) is 3. The molecular weight excluding hydrogens is 170 g/mol. The lowest BCUT2D eigenvalue weighted by molar-refractivity contribution is -0.143. The molecule has 0 aliphatic carbocycles. The van der Waals surface area contributed by atoms with E-state index in [1.165, 1.54) is 0 Å². The van der Waals surface area contributed by atoms with Gasteiger partial charge in [0.1, 0.15) is 0 Å². The fourth-order valence-corrected chi connectivity index (χ4v) is 1.52. The van der Waals surface area contributed by atoms with Gasteiger partial charge in [-0.05, 0) is 18.8 Å². The summed E-state index contributed by atoms with van der Waals surface area (Å²) in [6, 6.07) is 0. The molecule has 13 heavy (non-hydrogen) atoms. The van der Waals surface area contributed by atoms with Crippen molar-refractivity contribution in [3.8, 4) is 0 Å². The van der Waals surface area contributed by atoms with Crippen LogP contribution in [-0.2, 0) is 4.79 Å². The van der Waals surface area contributed by atoms with Gasteiger partial charge in [0.2, 0.25) is 0 Å². The Balaban J connectivity index is 2.40. The number of nitrogens with zero attached hydrogens (tertiary/aromatic N) is 1. The molecule has 1 heterocycles. The van der Waals surface area contributed by atoms with Gasteiger partial charge in [0.05, 0.1) is 6.61 Å². The first-order valence-corrected chi connectivity index (χ1v) is 4.73. The molecule has 0 aromatic carbocycles. The van der Waals surface area contributed by atoms with Crippen molar-refractivity contribution in [3.63, 3.8) is 0 Å². The van der Waals surface area contributed by atoms with Crippen molar-refractivity contribution in [2.24, 2.45) is 5.92 Å². The van der Waals surface area contributed by atoms with E-state index in [0.717, 1.165) is 12.8 Å². The van der Waals surface area contributed by atoms with Gasteiger partial charge < -0.3 is 15.1 Å². The second-order valence-electron chi connectivity index (χ2n) is 3.71. The molecule has 4 nitrogen and oxygen atoms in total. The molecule has 1 saturated heterocycles. The lowest BCUT2D eigenvalue weighted by Crippen LogP contribution is -2.44. The Morgan fingerprint density at radius 1 is 1.54 bits per heavy atom. The highest BCUT2D eigenvalue weighted by atomic mass is 16.3. The summed E-state index contributed by atoms with van der Waals surface area (Å²) in [5, 5.41) is 17.7. The highest BCUT2D eigenvalue weighted by molar-refractivity contribution is 5.80. The standard InChI is InChI=1S/C9H17NO3/c1-7-2-4-10(5-3-7)9(13)8(12)6-11/h7-8,11-12H,2-6H2,1H3/t8-/m1/s1. The summed E-state index contributed by atoms with van der Waals surface area (Å²) in [4.78, 5) is 13.0. The first kappa shape index (κ1) is 10.5. The maximum Gasteiger partial charge on any atom is 0.253 e. The van der Waals surface area contributed by atoms with E-state index in [0.29, 0.717) is 19.0 Å². The van der Waals surface area contributed by atoms with Gasteiger partial charge in [-0.2, -0.15) is 0 Å². The molecule has 0 saturated carbocycles. The molecule has 2 N–H and O–H groups in total. The molecule has 76 valence electrons. The van der Waals surface area contributed by atoms with Crippen LogP contribution >= 0.6 is 0 Å². The molecule has 1 atom stereocenters. The van der Waals surface area contributed by atoms with E-state index >= 15 is 0 Å². The first-order valence-electron chi connectivity index (χ1n) is 4.73. The van der Waals surface area contributed by atoms with Gasteiger partial charge in [0.15, 0.2) is 6.10 Å². The van der Waals surface area contributed by atoms with E-state index in [-0.39, 0.29) is 5.91 Å². The van der Waals surface area contributed by atoms with Crippen LogP contribution in [-0.4, -0.2) is 46.8 Å². The maximum atomic E-state index is 11.4. The Kier molecular flexibility index (Phi) is 3.69. The SMILES string of the molecule is CC1CCN(C(=O)[C@H](O)CO)CC1. The Morgan fingerprint density at radius 2 is 2.08 bits per heavy atom. The molecule has 1 aliphatic rings. The lowest BCUT2D eigenvalue weighted by atomic mass is 9.99. The summed E-state index contributed by atoms with van der Waals surface area (Å²) in [6.45, 7) is 3.09. The average molecular weight is 187 g/mol. The van der Waals surface area contributed by atoms with Crippen molar-refractivity contribution < 1.29 is 15.0 Å². The summed E-state index contributed by atoms with van der Waals surface area (Å²) < 4.78 is 0. The fraction of sp³-hybridized carbons (Fsp3) is 0.889. The van der Waals surface area contributed by atoms with Gasteiger partial charge in [0.25, 0.3) is 5.91 Å². The molecule has 1 fully saturated rings. The van der Waals surface area contributed by atoms with E-state index in [4.69, 9.17) is 10.2 Å². The Bertz CT molecular complexity index is 176. The van der Waals surface area contributed by atoms with E-state index < -0.39 is 12.7 Å². The van der Waals surface area contributed by atoms with Gasteiger partial charge in [-0.3, -0.25) is 4.79 Å². The minimum atomic E-state index is -1.23. The number of carbonyl (C=O) groups excluding carboxylic acids is 1. The van der Waals surface area contributed by atoms with Crippen LogP contribution in [0, 0.1) is 5.92 Å². The van der Waals surface area contributed by atoms with Crippen molar-refractivity contribution >= 4 is 5.91 Å². The zero-order valence-electron chi connectivity index (χ0n) is 7.94. The zero-order valence-corrected chi connectivity index (χ0v) is 7.94. The number of carbonyl (C=O) groups is 1. The molecule has 0 aromatic rings. The molecular formula is C9H17NO3. The van der Waals surface area contributed by atoms with Crippen LogP contribution < -0.4 is 0 Å². The van der Waals surface area contributed by atoms with Gasteiger partial charge in [-0.15, -0.1) is 0 Å². The van der Waals surface area contributed by atoms with Crippen LogP contribution in [0.3, 0.4) is 0 Å². The van der Waals surface area contributed by atoms with Crippen LogP contribution in [0.15, 0.2) is 0 Å². The summed E-state index contributed by atoms with van der Waals surface area (Å²) in [5.74, 6) is 0.324. The predicted molar refractivity (Wildman–Crippen MR) is 48.1 cm³/mol. The molecule has 0 spiro atoms. The highest BCUT2D eigenvalue weighted by Crippen LogP contribution is 2.16. The number of rotatable bonds is 2. The lowest BCUT2D eigenvalue weighted by Gasteiger charge is -2.31. The first-order chi connectivity index (χ1) is 6.15. The molecule has 1 amide bonds. The van der Waals surface area contributed by atoms with Crippen LogP contribution in [0.25, 0.3) is 0 Å². The normalized spacial score (nSPS) is 21.6. The minimum absolute atomic E-state index is 0.339. The third-order valence-electron chi connectivity index (χ3n) is 2.55. The summed E-state index contributed by atoms with van der Waals surface area (Å²) in [7, 11) is 0. The Labute approximate surface area is 78.2 Å². The number of piperidine rings is 1.